The summed E-state index contributed by atoms with van der Waals surface area (Å²) in [6, 6.07) is 3.63. The van der Waals surface area contributed by atoms with E-state index in [4.69, 9.17) is 15.5 Å². The van der Waals surface area contributed by atoms with Gasteiger partial charge in [-0.05, 0) is 41.9 Å². The lowest BCUT2D eigenvalue weighted by Crippen LogP contribution is -2.34. The Hall–Kier alpha value is -0.650. The van der Waals surface area contributed by atoms with Gasteiger partial charge in [0, 0.05) is 0 Å². The number of halogens is 1. The third kappa shape index (κ3) is 3.61. The van der Waals surface area contributed by atoms with E-state index in [1.54, 1.807) is 6.20 Å². The molecule has 0 aliphatic rings. The van der Waals surface area contributed by atoms with Crippen molar-refractivity contribution in [2.24, 2.45) is 5.90 Å². The van der Waals surface area contributed by atoms with Crippen LogP contribution in [0.25, 0.3) is 0 Å². The smallest absolute Gasteiger partial charge is 0.137 e. The average Bonchev–Trinajstić information content (AvgIpc) is 2.17. The van der Waals surface area contributed by atoms with Crippen molar-refractivity contribution in [3.63, 3.8) is 0 Å². The molecular formula is C9H13BrN2O2. The zero-order valence-electron chi connectivity index (χ0n) is 8.16. The van der Waals surface area contributed by atoms with Crippen LogP contribution in [0.3, 0.4) is 0 Å². The van der Waals surface area contributed by atoms with Crippen LogP contribution in [0.2, 0.25) is 0 Å². The molecule has 1 aromatic rings. The van der Waals surface area contributed by atoms with Crippen LogP contribution in [-0.2, 0) is 4.84 Å². The molecule has 14 heavy (non-hydrogen) atoms. The molecule has 0 aliphatic carbocycles. The lowest BCUT2D eigenvalue weighted by Gasteiger charge is -2.21. The molecule has 1 heterocycles. The van der Waals surface area contributed by atoms with Gasteiger partial charge in [-0.15, -0.1) is 0 Å². The minimum Gasteiger partial charge on any atom is -0.489 e. The van der Waals surface area contributed by atoms with Gasteiger partial charge in [0.15, 0.2) is 0 Å². The molecule has 2 N–H and O–H groups in total. The van der Waals surface area contributed by atoms with E-state index in [1.807, 2.05) is 26.0 Å². The van der Waals surface area contributed by atoms with Crippen molar-refractivity contribution >= 4 is 15.9 Å². The van der Waals surface area contributed by atoms with E-state index in [1.165, 1.54) is 0 Å². The largest absolute Gasteiger partial charge is 0.489 e. The quantitative estimate of drug-likeness (QED) is 0.664. The molecule has 78 valence electrons. The third-order valence-corrected chi connectivity index (χ3v) is 2.07. The fraction of sp³-hybridized carbons (Fsp3) is 0.444. The number of hydrogen-bond acceptors (Lipinski definition) is 4. The Morgan fingerprint density at radius 1 is 1.50 bits per heavy atom. The van der Waals surface area contributed by atoms with Crippen molar-refractivity contribution < 1.29 is 9.57 Å². The Morgan fingerprint density at radius 3 is 2.71 bits per heavy atom. The summed E-state index contributed by atoms with van der Waals surface area (Å²) in [5.74, 6) is 5.78. The van der Waals surface area contributed by atoms with Crippen molar-refractivity contribution in [2.75, 3.05) is 6.61 Å². The zero-order valence-corrected chi connectivity index (χ0v) is 9.74. The van der Waals surface area contributed by atoms with Crippen molar-refractivity contribution in [1.29, 1.82) is 0 Å². The van der Waals surface area contributed by atoms with E-state index >= 15 is 0 Å². The van der Waals surface area contributed by atoms with Gasteiger partial charge in [0.25, 0.3) is 0 Å². The molecule has 0 radical (unpaired) electrons. The second kappa shape index (κ2) is 4.72. The van der Waals surface area contributed by atoms with Gasteiger partial charge >= 0.3 is 0 Å². The molecule has 1 aromatic heterocycles. The van der Waals surface area contributed by atoms with Gasteiger partial charge in [-0.1, -0.05) is 0 Å². The highest BCUT2D eigenvalue weighted by Gasteiger charge is 2.18. The molecule has 0 unspecified atom stereocenters. The predicted octanol–water partition coefficient (Wildman–Crippen LogP) is 1.89. The highest BCUT2D eigenvalue weighted by molar-refractivity contribution is 9.10. The van der Waals surface area contributed by atoms with Crippen LogP contribution in [0.15, 0.2) is 22.9 Å². The summed E-state index contributed by atoms with van der Waals surface area (Å²) in [5, 5.41) is 0. The molecule has 0 atom stereocenters. The van der Waals surface area contributed by atoms with E-state index in [9.17, 15) is 0 Å². The van der Waals surface area contributed by atoms with Crippen LogP contribution < -0.4 is 10.6 Å². The summed E-state index contributed by atoms with van der Waals surface area (Å²) in [7, 11) is 0. The Labute approximate surface area is 91.5 Å². The standard InChI is InChI=1S/C9H13BrN2O2/c1-9(2,14-11)6-13-7-3-4-8(10)12-5-7/h3-5H,6,11H2,1-2H3. The monoisotopic (exact) mass is 260 g/mol. The second-order valence-electron chi connectivity index (χ2n) is 3.48. The zero-order chi connectivity index (χ0) is 10.6. The molecule has 0 aromatic carbocycles. The molecule has 4 nitrogen and oxygen atoms in total. The molecule has 0 saturated heterocycles. The normalized spacial score (nSPS) is 11.4. The summed E-state index contributed by atoms with van der Waals surface area (Å²) in [5.41, 5.74) is -0.493. The van der Waals surface area contributed by atoms with Gasteiger partial charge in [-0.2, -0.15) is 0 Å². The summed E-state index contributed by atoms with van der Waals surface area (Å²) in [6.07, 6.45) is 1.64. The molecule has 0 bridgehead atoms. The highest BCUT2D eigenvalue weighted by atomic mass is 79.9. The maximum atomic E-state index is 5.43. The van der Waals surface area contributed by atoms with Crippen LogP contribution in [0.4, 0.5) is 0 Å². The van der Waals surface area contributed by atoms with Crippen molar-refractivity contribution in [2.45, 2.75) is 19.4 Å². The molecule has 0 aliphatic heterocycles. The van der Waals surface area contributed by atoms with E-state index in [0.717, 1.165) is 4.60 Å². The van der Waals surface area contributed by atoms with Gasteiger partial charge in [-0.25, -0.2) is 10.9 Å². The SMILES string of the molecule is CC(C)(COc1ccc(Br)nc1)ON. The Bertz CT molecular complexity index is 287. The number of nitrogens with two attached hydrogens (primary N) is 1. The minimum absolute atomic E-state index is 0.382. The van der Waals surface area contributed by atoms with Crippen molar-refractivity contribution in [3.05, 3.63) is 22.9 Å². The maximum Gasteiger partial charge on any atom is 0.137 e. The second-order valence-corrected chi connectivity index (χ2v) is 4.30. The number of pyridine rings is 1. The van der Waals surface area contributed by atoms with Crippen LogP contribution in [0, 0.1) is 0 Å². The van der Waals surface area contributed by atoms with Gasteiger partial charge in [0.2, 0.25) is 0 Å². The van der Waals surface area contributed by atoms with Crippen LogP contribution in [0.5, 0.6) is 5.75 Å². The molecular weight excluding hydrogens is 248 g/mol. The number of nitrogens with zero attached hydrogens (tertiary/aromatic N) is 1. The van der Waals surface area contributed by atoms with Crippen LogP contribution >= 0.6 is 15.9 Å². The van der Waals surface area contributed by atoms with Crippen molar-refractivity contribution in [1.82, 2.24) is 4.98 Å². The first-order chi connectivity index (χ1) is 6.53. The van der Waals surface area contributed by atoms with Crippen molar-refractivity contribution in [3.8, 4) is 5.75 Å². The fourth-order valence-corrected chi connectivity index (χ4v) is 0.973. The van der Waals surface area contributed by atoms with E-state index in [2.05, 4.69) is 20.9 Å². The molecule has 0 saturated carbocycles. The Balaban J connectivity index is 2.50. The van der Waals surface area contributed by atoms with E-state index in [-0.39, 0.29) is 0 Å². The van der Waals surface area contributed by atoms with Crippen LogP contribution in [0.1, 0.15) is 13.8 Å². The number of rotatable bonds is 4. The summed E-state index contributed by atoms with van der Waals surface area (Å²) < 4.78 is 6.21. The lowest BCUT2D eigenvalue weighted by molar-refractivity contribution is -0.0489. The number of hydrogen-bond donors (Lipinski definition) is 1. The van der Waals surface area contributed by atoms with Gasteiger partial charge in [0.05, 0.1) is 6.20 Å². The van der Waals surface area contributed by atoms with Gasteiger partial charge < -0.3 is 4.74 Å². The number of ether oxygens (including phenoxy) is 1. The van der Waals surface area contributed by atoms with Crippen LogP contribution in [-0.4, -0.2) is 17.2 Å². The van der Waals surface area contributed by atoms with Gasteiger partial charge in [-0.3, -0.25) is 4.84 Å². The highest BCUT2D eigenvalue weighted by Crippen LogP contribution is 2.15. The predicted molar refractivity (Wildman–Crippen MR) is 56.8 cm³/mol. The minimum atomic E-state index is -0.493. The Morgan fingerprint density at radius 2 is 2.21 bits per heavy atom. The first-order valence-electron chi connectivity index (χ1n) is 4.16. The molecule has 0 spiro atoms. The molecule has 0 amide bonds. The summed E-state index contributed by atoms with van der Waals surface area (Å²) in [6.45, 7) is 4.07. The third-order valence-electron chi connectivity index (χ3n) is 1.61. The molecule has 0 fully saturated rings. The first-order valence-corrected chi connectivity index (χ1v) is 4.95. The molecule has 1 rings (SSSR count). The molecule has 5 heteroatoms. The number of aromatic nitrogens is 1. The Kier molecular flexibility index (Phi) is 3.86. The van der Waals surface area contributed by atoms with Gasteiger partial charge in [0.1, 0.15) is 22.6 Å². The average molecular weight is 261 g/mol. The van der Waals surface area contributed by atoms with E-state index < -0.39 is 5.60 Å². The first kappa shape index (κ1) is 11.4. The lowest BCUT2D eigenvalue weighted by atomic mass is 10.2. The summed E-state index contributed by atoms with van der Waals surface area (Å²) in [4.78, 5) is 8.75. The maximum absolute atomic E-state index is 5.43. The topological polar surface area (TPSA) is 57.4 Å². The van der Waals surface area contributed by atoms with E-state index in [0.29, 0.717) is 12.4 Å². The fourth-order valence-electron chi connectivity index (χ4n) is 0.739. The summed E-state index contributed by atoms with van der Waals surface area (Å²) >= 11 is 3.24.